The molecular weight excluding hydrogens is 482 g/mol. The summed E-state index contributed by atoms with van der Waals surface area (Å²) in [6, 6.07) is 11.6. The Bertz CT molecular complexity index is 1220. The highest BCUT2D eigenvalue weighted by molar-refractivity contribution is 7.93. The van der Waals surface area contributed by atoms with Crippen LogP contribution in [0.2, 0.25) is 0 Å². The Morgan fingerprint density at radius 1 is 1.06 bits per heavy atom. The third-order valence-corrected chi connectivity index (χ3v) is 7.68. The van der Waals surface area contributed by atoms with E-state index >= 15 is 0 Å². The lowest BCUT2D eigenvalue weighted by Crippen LogP contribution is -2.63. The first-order valence-electron chi connectivity index (χ1n) is 12.3. The van der Waals surface area contributed by atoms with Crippen molar-refractivity contribution in [2.24, 2.45) is 0 Å². The highest BCUT2D eigenvalue weighted by Crippen LogP contribution is 2.26. The van der Waals surface area contributed by atoms with Crippen LogP contribution in [0.5, 0.6) is 0 Å². The molecule has 1 heterocycles. The number of nitrogens with one attached hydrogen (secondary N) is 1. The fourth-order valence-corrected chi connectivity index (χ4v) is 5.58. The largest absolute Gasteiger partial charge is 0.388 e. The minimum Gasteiger partial charge on any atom is -0.388 e. The summed E-state index contributed by atoms with van der Waals surface area (Å²) in [5, 5.41) is 42.2. The molecule has 1 fully saturated rings. The highest BCUT2D eigenvalue weighted by Gasteiger charge is 2.45. The van der Waals surface area contributed by atoms with E-state index in [4.69, 9.17) is 4.74 Å². The van der Waals surface area contributed by atoms with Crippen LogP contribution in [0.3, 0.4) is 0 Å². The van der Waals surface area contributed by atoms with E-state index in [1.54, 1.807) is 25.1 Å². The minimum atomic E-state index is -4.44. The molecule has 1 aliphatic rings. The van der Waals surface area contributed by atoms with Gasteiger partial charge in [-0.05, 0) is 59.9 Å². The van der Waals surface area contributed by atoms with Crippen LogP contribution in [0.4, 0.5) is 5.69 Å². The zero-order valence-electron chi connectivity index (χ0n) is 20.8. The van der Waals surface area contributed by atoms with Gasteiger partial charge in [0.2, 0.25) is 0 Å². The fraction of sp³-hybridized carbons (Fsp3) is 0.500. The Morgan fingerprint density at radius 3 is 2.31 bits per heavy atom. The molecule has 2 aromatic rings. The van der Waals surface area contributed by atoms with Crippen LogP contribution in [0.25, 0.3) is 16.8 Å². The van der Waals surface area contributed by atoms with Gasteiger partial charge in [0.05, 0.1) is 6.10 Å². The third-order valence-electron chi connectivity index (χ3n) is 6.31. The molecule has 10 heteroatoms. The van der Waals surface area contributed by atoms with E-state index in [0.717, 1.165) is 42.4 Å². The van der Waals surface area contributed by atoms with Gasteiger partial charge in [-0.15, -0.1) is 0 Å². The van der Waals surface area contributed by atoms with Gasteiger partial charge in [-0.25, -0.2) is 8.42 Å². The van der Waals surface area contributed by atoms with Gasteiger partial charge >= 0.3 is 0 Å². The molecule has 0 aliphatic carbocycles. The standard InChI is InChI=1S/C26H35N3O6S/c1-4-11-29(12-5-2)20-10-9-18-13-17(7-8-19(18)15-20)14-21(16-27)36(33,34)28-23-25(31)24(30)22(6-3)35-26(23)32/h7-10,13-15,22-26,28,30-32H,4-6,11-12H2,1-3H3/b21-14+/t22-,23-,24-,25-,26?/m1/s1. The summed E-state index contributed by atoms with van der Waals surface area (Å²) in [5.74, 6) is 0. The summed E-state index contributed by atoms with van der Waals surface area (Å²) in [6.07, 6.45) is -1.89. The topological polar surface area (TPSA) is 143 Å². The predicted octanol–water partition coefficient (Wildman–Crippen LogP) is 2.47. The first-order chi connectivity index (χ1) is 17.1. The molecule has 0 radical (unpaired) electrons. The third kappa shape index (κ3) is 6.24. The van der Waals surface area contributed by atoms with Gasteiger partial charge in [-0.2, -0.15) is 9.98 Å². The van der Waals surface area contributed by atoms with Crippen LogP contribution in [-0.2, 0) is 14.8 Å². The number of anilines is 1. The van der Waals surface area contributed by atoms with Gasteiger partial charge < -0.3 is 25.0 Å². The summed E-state index contributed by atoms with van der Waals surface area (Å²) in [4.78, 5) is 1.73. The second kappa shape index (κ2) is 12.1. The van der Waals surface area contributed by atoms with E-state index in [2.05, 4.69) is 29.5 Å². The number of nitrogens with zero attached hydrogens (tertiary/aromatic N) is 2. The van der Waals surface area contributed by atoms with Gasteiger partial charge in [0.15, 0.2) is 11.2 Å². The lowest BCUT2D eigenvalue weighted by atomic mass is 9.96. The predicted molar refractivity (Wildman–Crippen MR) is 139 cm³/mol. The number of ether oxygens (including phenoxy) is 1. The molecular formula is C26H35N3O6S. The normalized spacial score (nSPS) is 25.0. The van der Waals surface area contributed by atoms with Crippen molar-refractivity contribution in [1.82, 2.24) is 4.72 Å². The smallest absolute Gasteiger partial charge is 0.251 e. The Balaban J connectivity index is 1.86. The molecule has 0 spiro atoms. The van der Waals surface area contributed by atoms with E-state index in [-0.39, 0.29) is 0 Å². The number of rotatable bonds is 10. The van der Waals surface area contributed by atoms with Crippen LogP contribution in [-0.4, -0.2) is 67.5 Å². The number of hydrogen-bond acceptors (Lipinski definition) is 8. The maximum absolute atomic E-state index is 12.9. The zero-order valence-corrected chi connectivity index (χ0v) is 21.6. The molecule has 196 valence electrons. The van der Waals surface area contributed by atoms with Gasteiger partial charge in [0, 0.05) is 18.8 Å². The van der Waals surface area contributed by atoms with Crippen molar-refractivity contribution in [3.63, 3.8) is 0 Å². The van der Waals surface area contributed by atoms with Crippen LogP contribution in [0, 0.1) is 11.3 Å². The SMILES string of the molecule is CCCN(CCC)c1ccc2cc(/C=C(\C#N)S(=O)(=O)N[C@H]3C(O)O[C@H](CC)[C@@H](O)[C@@H]3O)ccc2c1. The lowest BCUT2D eigenvalue weighted by Gasteiger charge is -2.40. The van der Waals surface area contributed by atoms with Crippen molar-refractivity contribution in [2.45, 2.75) is 70.7 Å². The van der Waals surface area contributed by atoms with Crippen LogP contribution < -0.4 is 9.62 Å². The van der Waals surface area contributed by atoms with E-state index < -0.39 is 45.6 Å². The Morgan fingerprint density at radius 2 is 1.69 bits per heavy atom. The van der Waals surface area contributed by atoms with Crippen molar-refractivity contribution in [3.05, 3.63) is 46.9 Å². The summed E-state index contributed by atoms with van der Waals surface area (Å²) in [6.45, 7) is 7.91. The number of sulfonamides is 1. The van der Waals surface area contributed by atoms with Crippen molar-refractivity contribution in [3.8, 4) is 6.07 Å². The fourth-order valence-electron chi connectivity index (χ4n) is 4.42. The number of aliphatic hydroxyl groups excluding tert-OH is 3. The second-order valence-corrected chi connectivity index (χ2v) is 10.7. The molecule has 1 unspecified atom stereocenters. The molecule has 0 aromatic heterocycles. The van der Waals surface area contributed by atoms with Crippen molar-refractivity contribution >= 4 is 32.6 Å². The lowest BCUT2D eigenvalue weighted by molar-refractivity contribution is -0.244. The van der Waals surface area contributed by atoms with Crippen molar-refractivity contribution in [1.29, 1.82) is 5.26 Å². The van der Waals surface area contributed by atoms with Gasteiger partial charge in [-0.3, -0.25) is 0 Å². The molecule has 1 saturated heterocycles. The minimum absolute atomic E-state index is 0.316. The number of benzene rings is 2. The Kier molecular flexibility index (Phi) is 9.47. The van der Waals surface area contributed by atoms with E-state index in [1.165, 1.54) is 6.08 Å². The van der Waals surface area contributed by atoms with Crippen LogP contribution in [0.15, 0.2) is 41.3 Å². The van der Waals surface area contributed by atoms with Crippen molar-refractivity contribution in [2.75, 3.05) is 18.0 Å². The summed E-state index contributed by atoms with van der Waals surface area (Å²) < 4.78 is 33.2. The number of aliphatic hydroxyl groups is 3. The molecule has 0 saturated carbocycles. The monoisotopic (exact) mass is 517 g/mol. The maximum atomic E-state index is 12.9. The second-order valence-electron chi connectivity index (χ2n) is 9.00. The maximum Gasteiger partial charge on any atom is 0.251 e. The van der Waals surface area contributed by atoms with Gasteiger partial charge in [0.1, 0.15) is 24.3 Å². The first-order valence-corrected chi connectivity index (χ1v) is 13.8. The first kappa shape index (κ1) is 28.1. The van der Waals surface area contributed by atoms with Crippen LogP contribution >= 0.6 is 0 Å². The molecule has 2 aromatic carbocycles. The van der Waals surface area contributed by atoms with Gasteiger partial charge in [0.25, 0.3) is 10.0 Å². The van der Waals surface area contributed by atoms with Crippen molar-refractivity contribution < 1.29 is 28.5 Å². The molecule has 5 atom stereocenters. The van der Waals surface area contributed by atoms with E-state index in [9.17, 15) is 29.0 Å². The summed E-state index contributed by atoms with van der Waals surface area (Å²) in [7, 11) is -4.44. The van der Waals surface area contributed by atoms with Crippen LogP contribution in [0.1, 0.15) is 45.6 Å². The zero-order chi connectivity index (χ0) is 26.5. The molecule has 4 N–H and O–H groups in total. The Hall–Kier alpha value is -2.52. The van der Waals surface area contributed by atoms with E-state index in [1.807, 2.05) is 18.2 Å². The Labute approximate surface area is 212 Å². The molecule has 0 bridgehead atoms. The molecule has 1 aliphatic heterocycles. The number of allylic oxidation sites excluding steroid dienone is 1. The number of fused-ring (bicyclic) bond motifs is 1. The number of nitriles is 1. The molecule has 0 amide bonds. The van der Waals surface area contributed by atoms with E-state index in [0.29, 0.717) is 12.0 Å². The van der Waals surface area contributed by atoms with Gasteiger partial charge in [-0.1, -0.05) is 39.0 Å². The summed E-state index contributed by atoms with van der Waals surface area (Å²) in [5.41, 5.74) is 1.63. The summed E-state index contributed by atoms with van der Waals surface area (Å²) >= 11 is 0. The number of hydrogen-bond donors (Lipinski definition) is 4. The average molecular weight is 518 g/mol. The molecule has 3 rings (SSSR count). The highest BCUT2D eigenvalue weighted by atomic mass is 32.2. The quantitative estimate of drug-likeness (QED) is 0.352. The molecule has 36 heavy (non-hydrogen) atoms. The average Bonchev–Trinajstić information content (AvgIpc) is 2.86. The molecule has 9 nitrogen and oxygen atoms in total.